The zero-order valence-electron chi connectivity index (χ0n) is 48.9. The highest BCUT2D eigenvalue weighted by molar-refractivity contribution is 7.74. The lowest BCUT2D eigenvalue weighted by Gasteiger charge is -2.35. The van der Waals surface area contributed by atoms with Crippen LogP contribution in [0.2, 0.25) is 0 Å². The molecule has 8 atom stereocenters. The molecule has 1 unspecified atom stereocenters. The summed E-state index contributed by atoms with van der Waals surface area (Å²) in [5.74, 6) is -4.52. The molecule has 2 aliphatic heterocycles. The Bertz CT molecular complexity index is 3320. The summed E-state index contributed by atoms with van der Waals surface area (Å²) in [4.78, 5) is 128. The third kappa shape index (κ3) is 17.0. The molecule has 11 N–H and O–H groups in total. The lowest BCUT2D eigenvalue weighted by Crippen LogP contribution is -2.57. The predicted molar refractivity (Wildman–Crippen MR) is 318 cm³/mol. The Labute approximate surface area is 497 Å². The summed E-state index contributed by atoms with van der Waals surface area (Å²) in [5, 5.41) is 22.7. The highest BCUT2D eigenvalue weighted by Gasteiger charge is 2.45. The van der Waals surface area contributed by atoms with Crippen LogP contribution in [0, 0.1) is 24.1 Å². The van der Waals surface area contributed by atoms with Crippen molar-refractivity contribution in [2.75, 3.05) is 19.7 Å². The number of benzene rings is 3. The van der Waals surface area contributed by atoms with E-state index in [4.69, 9.17) is 16.0 Å². The van der Waals surface area contributed by atoms with E-state index >= 15 is 4.39 Å². The van der Waals surface area contributed by atoms with Crippen molar-refractivity contribution in [2.45, 2.75) is 155 Å². The number of aliphatic hydroxyl groups is 1. The number of nitrogens with zero attached hydrogens (tertiary/aromatic N) is 3. The van der Waals surface area contributed by atoms with Crippen LogP contribution in [-0.4, -0.2) is 133 Å². The number of rotatable bonds is 26. The van der Waals surface area contributed by atoms with Gasteiger partial charge in [0.2, 0.25) is 35.4 Å². The van der Waals surface area contributed by atoms with Gasteiger partial charge in [0.05, 0.1) is 34.3 Å². The Morgan fingerprint density at radius 3 is 2.28 bits per heavy atom. The number of amides is 7. The molecule has 2 aliphatic rings. The number of β-amino-alcohol motifs (C(OH)–C–C–N with tert-alkyl or cyclic N) is 1. The van der Waals surface area contributed by atoms with Crippen LogP contribution in [0.5, 0.6) is 5.75 Å². The van der Waals surface area contributed by atoms with Gasteiger partial charge in [-0.25, -0.2) is 9.37 Å². The van der Waals surface area contributed by atoms with Crippen molar-refractivity contribution < 1.29 is 62.0 Å². The van der Waals surface area contributed by atoms with Crippen molar-refractivity contribution in [3.05, 3.63) is 106 Å². The van der Waals surface area contributed by atoms with Crippen molar-refractivity contribution in [2.24, 2.45) is 22.6 Å². The molecule has 458 valence electrons. The topological polar surface area (TPSA) is 339 Å². The number of aryl methyl sites for hydroxylation is 2. The fraction of sp³-hybridized carbons (Fsp3) is 0.483. The summed E-state index contributed by atoms with van der Waals surface area (Å²) in [6, 6.07) is 12.7. The number of thiazole rings is 1. The monoisotopic (exact) mass is 1210 g/mol. The zero-order chi connectivity index (χ0) is 62.1. The van der Waals surface area contributed by atoms with Gasteiger partial charge in [-0.05, 0) is 117 Å². The number of ether oxygens (including phenoxy) is 1. The highest BCUT2D eigenvalue weighted by atomic mass is 32.1. The summed E-state index contributed by atoms with van der Waals surface area (Å²) < 4.78 is 33.8. The van der Waals surface area contributed by atoms with Crippen molar-refractivity contribution in [1.82, 2.24) is 41.0 Å². The largest absolute Gasteiger partial charge is 0.488 e. The minimum Gasteiger partial charge on any atom is -0.488 e. The van der Waals surface area contributed by atoms with Crippen molar-refractivity contribution in [3.63, 3.8) is 0 Å². The van der Waals surface area contributed by atoms with Gasteiger partial charge in [-0.1, -0.05) is 71.0 Å². The van der Waals surface area contributed by atoms with Gasteiger partial charge in [0.15, 0.2) is 11.6 Å². The maximum Gasteiger partial charge on any atom is 0.334 e. The first kappa shape index (κ1) is 65.2. The Morgan fingerprint density at radius 1 is 0.906 bits per heavy atom. The number of hydrogen-bond donors (Lipinski definition) is 9. The number of primary amides is 1. The van der Waals surface area contributed by atoms with Gasteiger partial charge in [-0.15, -0.1) is 11.3 Å². The second-order valence-electron chi connectivity index (χ2n) is 23.6. The number of likely N-dealkylation sites (tertiary alicyclic amines) is 2. The summed E-state index contributed by atoms with van der Waals surface area (Å²) in [6.45, 7) is 12.8. The molecule has 7 amide bonds. The van der Waals surface area contributed by atoms with Gasteiger partial charge in [0, 0.05) is 48.8 Å². The molecule has 2 aromatic heterocycles. The molecule has 0 saturated carbocycles. The Hall–Kier alpha value is -7.37. The Balaban J connectivity index is 0.912. The van der Waals surface area contributed by atoms with E-state index in [-0.39, 0.29) is 81.1 Å². The van der Waals surface area contributed by atoms with E-state index < -0.39 is 108 Å². The average molecular weight is 1210 g/mol. The molecule has 2 saturated heterocycles. The van der Waals surface area contributed by atoms with Crippen LogP contribution in [0.4, 0.5) is 4.39 Å². The number of halogens is 1. The fourth-order valence-corrected chi connectivity index (χ4v) is 12.0. The fourth-order valence-electron chi connectivity index (χ4n) is 10.7. The van der Waals surface area contributed by atoms with E-state index in [9.17, 15) is 52.9 Å². The van der Waals surface area contributed by atoms with E-state index in [0.717, 1.165) is 21.7 Å². The van der Waals surface area contributed by atoms with Gasteiger partial charge in [-0.2, -0.15) is 0 Å². The van der Waals surface area contributed by atoms with Crippen LogP contribution in [-0.2, 0) is 39.8 Å². The lowest BCUT2D eigenvalue weighted by molar-refractivity contribution is -0.144. The number of nitrogens with two attached hydrogens (primary N) is 2. The molecule has 0 bridgehead atoms. The number of carbonyl (C=O) groups is 8. The molecule has 25 heteroatoms. The average Bonchev–Trinajstić information content (AvgIpc) is 4.51. The quantitative estimate of drug-likeness (QED) is 0.0224. The third-order valence-electron chi connectivity index (χ3n) is 15.3. The van der Waals surface area contributed by atoms with E-state index in [1.165, 1.54) is 40.1 Å². The molecule has 3 aromatic carbocycles. The van der Waals surface area contributed by atoms with Gasteiger partial charge >= 0.3 is 7.52 Å². The molecule has 2 fully saturated rings. The minimum atomic E-state index is -4.56. The van der Waals surface area contributed by atoms with Crippen LogP contribution in [0.25, 0.3) is 21.3 Å². The molecule has 5 aromatic rings. The molecule has 85 heavy (non-hydrogen) atoms. The van der Waals surface area contributed by atoms with Crippen LogP contribution in [0.1, 0.15) is 143 Å². The van der Waals surface area contributed by atoms with E-state index in [1.807, 2.05) is 52.0 Å². The van der Waals surface area contributed by atoms with Gasteiger partial charge < -0.3 is 56.5 Å². The normalized spacial score (nSPS) is 18.3. The van der Waals surface area contributed by atoms with E-state index in [2.05, 4.69) is 31.2 Å². The Kier molecular flexibility index (Phi) is 21.6. The number of unbranched alkanes of at least 4 members (excludes halogenated alkanes) is 1. The van der Waals surface area contributed by atoms with E-state index in [1.54, 1.807) is 49.8 Å². The maximum absolute atomic E-state index is 16.1. The first-order valence-corrected chi connectivity index (χ1v) is 31.2. The summed E-state index contributed by atoms with van der Waals surface area (Å²) in [5.41, 5.74) is 14.0. The zero-order valence-corrected chi connectivity index (χ0v) is 50.7. The number of aromatic amines is 1. The number of aliphatic hydroxyl groups excluding tert-OH is 1. The number of hydrogen-bond acceptors (Lipinski definition) is 13. The van der Waals surface area contributed by atoms with Gasteiger partial charge in [0.25, 0.3) is 11.4 Å². The second-order valence-corrected chi connectivity index (χ2v) is 26.1. The maximum atomic E-state index is 16.1. The van der Waals surface area contributed by atoms with E-state index in [0.29, 0.717) is 42.1 Å². The third-order valence-corrected chi connectivity index (χ3v) is 17.1. The number of nitrogens with one attached hydrogen (secondary N) is 5. The smallest absolute Gasteiger partial charge is 0.334 e. The predicted octanol–water partition coefficient (Wildman–Crippen LogP) is 6.07. The molecular formula is C60H78FN10O12PS. The molecule has 4 heterocycles. The number of fused-ring (bicyclic) bond motifs is 1. The molecule has 0 radical (unpaired) electrons. The number of H-pyrrole nitrogens is 1. The first-order valence-electron chi connectivity index (χ1n) is 28.6. The SMILES string of the molecule is Cc1ncsc1-c1ccc([C@H](C)NC(=O)[C@@H]2C[C@@H](O)CN2C(=O)[C@@H](NC(=O)CCCCc2cccc(OC[C@H](CCC(N)=O)NC(=O)[C@@H]3CCCN3C(=O)[C@H](CC(C)C)NC(=O)c3cc4cc(C(=O)P(N)(=O)O)ccc4[nH]3)c2F)C(C)(C)C)cc1. The highest BCUT2D eigenvalue weighted by Crippen LogP contribution is 2.36. The molecule has 0 aliphatic carbocycles. The van der Waals surface area contributed by atoms with Crippen LogP contribution in [0.3, 0.4) is 0 Å². The molecule has 0 spiro atoms. The van der Waals surface area contributed by atoms with Gasteiger partial charge in [0.1, 0.15) is 36.5 Å². The summed E-state index contributed by atoms with van der Waals surface area (Å²) in [7, 11) is -4.56. The second kappa shape index (κ2) is 28.2. The molecular weight excluding hydrogens is 1130 g/mol. The van der Waals surface area contributed by atoms with Crippen LogP contribution >= 0.6 is 18.9 Å². The minimum absolute atomic E-state index is 0.00825. The van der Waals surface area contributed by atoms with Crippen molar-refractivity contribution in [1.29, 1.82) is 0 Å². The first-order chi connectivity index (χ1) is 40.1. The van der Waals surface area contributed by atoms with Crippen LogP contribution < -0.4 is 37.2 Å². The Morgan fingerprint density at radius 2 is 1.62 bits per heavy atom. The number of aromatic nitrogens is 2. The van der Waals surface area contributed by atoms with Crippen molar-refractivity contribution in [3.8, 4) is 16.2 Å². The standard InChI is InChI=1S/C60H78FN10O12PS/c1-33(2)26-45(68-54(75)44-28-40-27-39(21-23-43(40)67-44)59(80)84(63,81)82)57(78)70-25-11-14-46(70)55(76)66-41(22-24-49(62)73)31-83-48-15-10-13-37(51(48)61)12-8-9-16-50(74)69-53(60(5,6)7)58(79)71-30-42(72)29-47(71)56(77)65-34(3)36-17-19-38(20-18-36)52-35(4)64-32-85-52/h10,13,15,17-21,23,27-28,32-34,41-42,45-47,53,67,72H,8-9,11-12,14,16,22,24-26,29-31H2,1-7H3,(H2,62,73)(H,65,77)(H,66,76)(H,68,75)(H,69,74)(H3,63,81,82)/t34-,41-,42+,45-,46-,47-,53+/m0/s1. The van der Waals surface area contributed by atoms with Gasteiger partial charge in [-0.3, -0.25) is 48.4 Å². The lowest BCUT2D eigenvalue weighted by atomic mass is 9.85. The van der Waals surface area contributed by atoms with Crippen molar-refractivity contribution >= 4 is 76.6 Å². The van der Waals surface area contributed by atoms with Crippen LogP contribution in [0.15, 0.2) is 72.2 Å². The number of carbonyl (C=O) groups excluding carboxylic acids is 8. The molecule has 22 nitrogen and oxygen atoms in total. The summed E-state index contributed by atoms with van der Waals surface area (Å²) >= 11 is 1.55. The molecule has 7 rings (SSSR count). The summed E-state index contributed by atoms with van der Waals surface area (Å²) in [6.07, 6.45) is 0.893.